The summed E-state index contributed by atoms with van der Waals surface area (Å²) in [4.78, 5) is 11.3. The molecule has 258 valence electrons. The predicted octanol–water partition coefficient (Wildman–Crippen LogP) is 13.4. The van der Waals surface area contributed by atoms with E-state index in [0.29, 0.717) is 0 Å². The van der Waals surface area contributed by atoms with Gasteiger partial charge in [0.25, 0.3) is 0 Å². The maximum absolute atomic E-state index is 5.78. The largest absolute Gasteiger partial charge is 0.308 e. The molecular formula is C51H28N4S. The van der Waals surface area contributed by atoms with E-state index in [1.165, 1.54) is 97.5 Å². The summed E-state index contributed by atoms with van der Waals surface area (Å²) < 4.78 is 7.31. The first-order valence-corrected chi connectivity index (χ1v) is 20.0. The van der Waals surface area contributed by atoms with Gasteiger partial charge in [-0.3, -0.25) is 4.57 Å². The molecule has 0 N–H and O–H groups in total. The quantitative estimate of drug-likeness (QED) is 0.178. The predicted molar refractivity (Wildman–Crippen MR) is 234 cm³/mol. The van der Waals surface area contributed by atoms with Gasteiger partial charge in [-0.25, -0.2) is 9.97 Å². The van der Waals surface area contributed by atoms with E-state index in [9.17, 15) is 0 Å². The monoisotopic (exact) mass is 728 g/mol. The molecule has 0 bridgehead atoms. The highest BCUT2D eigenvalue weighted by Gasteiger charge is 2.33. The summed E-state index contributed by atoms with van der Waals surface area (Å²) >= 11 is 1.80. The molecule has 8 aromatic carbocycles. The zero-order valence-electron chi connectivity index (χ0n) is 29.9. The number of aromatic nitrogens is 4. The summed E-state index contributed by atoms with van der Waals surface area (Å²) in [6.45, 7) is 0. The topological polar surface area (TPSA) is 35.1 Å². The maximum atomic E-state index is 5.78. The number of fused-ring (bicyclic) bond motifs is 17. The first-order valence-electron chi connectivity index (χ1n) is 19.2. The summed E-state index contributed by atoms with van der Waals surface area (Å²) in [6, 6.07) is 60.1. The van der Waals surface area contributed by atoms with Gasteiger partial charge in [0.15, 0.2) is 5.82 Å². The van der Waals surface area contributed by atoms with Gasteiger partial charge in [0.05, 0.1) is 43.7 Å². The van der Waals surface area contributed by atoms with E-state index in [2.05, 4.69) is 173 Å². The Kier molecular flexibility index (Phi) is 5.42. The molecule has 0 atom stereocenters. The number of nitrogens with zero attached hydrogens (tertiary/aromatic N) is 4. The third kappa shape index (κ3) is 3.55. The highest BCUT2D eigenvalue weighted by atomic mass is 32.1. The summed E-state index contributed by atoms with van der Waals surface area (Å²) in [5, 5.41) is 11.2. The minimum Gasteiger partial charge on any atom is -0.308 e. The standard InChI is InChI=1S/C51H28N4S/c1-2-14-29-26-42-37(25-28(29)13-1)39-27-38-32-17-7-10-22-40(32)55(48(38)45-35-20-8-11-23-41(35)54(42)47(39)45)51-49-46(36-21-9-12-24-43(36)56-49)52-50(53-51)44-33-18-5-3-15-30(33)31-16-4-6-19-34(31)44/h1-27,44H. The lowest BCUT2D eigenvalue weighted by Crippen LogP contribution is -2.09. The molecule has 0 unspecified atom stereocenters. The van der Waals surface area contributed by atoms with Crippen molar-refractivity contribution in [1.29, 1.82) is 0 Å². The molecule has 56 heavy (non-hydrogen) atoms. The van der Waals surface area contributed by atoms with Crippen molar-refractivity contribution in [2.75, 3.05) is 0 Å². The molecule has 5 heteroatoms. The van der Waals surface area contributed by atoms with Crippen molar-refractivity contribution in [2.45, 2.75) is 5.92 Å². The average molecular weight is 729 g/mol. The zero-order chi connectivity index (χ0) is 36.2. The van der Waals surface area contributed by atoms with Crippen molar-refractivity contribution in [2.24, 2.45) is 0 Å². The van der Waals surface area contributed by atoms with Crippen LogP contribution < -0.4 is 0 Å². The Balaban J connectivity index is 1.20. The van der Waals surface area contributed by atoms with Gasteiger partial charge in [0.2, 0.25) is 0 Å². The van der Waals surface area contributed by atoms with Crippen molar-refractivity contribution < 1.29 is 0 Å². The lowest BCUT2D eigenvalue weighted by molar-refractivity contribution is 0.874. The number of hydrogen-bond donors (Lipinski definition) is 0. The number of para-hydroxylation sites is 2. The lowest BCUT2D eigenvalue weighted by Gasteiger charge is -2.16. The molecule has 4 nitrogen and oxygen atoms in total. The normalized spacial score (nSPS) is 13.3. The minimum atomic E-state index is -0.0865. The number of rotatable bonds is 2. The van der Waals surface area contributed by atoms with Crippen LogP contribution in [0.4, 0.5) is 0 Å². The van der Waals surface area contributed by atoms with Crippen molar-refractivity contribution in [3.8, 4) is 16.9 Å². The lowest BCUT2D eigenvalue weighted by atomic mass is 9.96. The summed E-state index contributed by atoms with van der Waals surface area (Å²) in [5.41, 5.74) is 12.1. The van der Waals surface area contributed by atoms with E-state index < -0.39 is 0 Å². The highest BCUT2D eigenvalue weighted by Crippen LogP contribution is 2.50. The fourth-order valence-electron chi connectivity index (χ4n) is 10.2. The van der Waals surface area contributed by atoms with E-state index in [-0.39, 0.29) is 5.92 Å². The van der Waals surface area contributed by atoms with Crippen LogP contribution in [0, 0.1) is 0 Å². The van der Waals surface area contributed by atoms with Crippen LogP contribution in [-0.4, -0.2) is 18.9 Å². The smallest absolute Gasteiger partial charge is 0.159 e. The molecule has 0 spiro atoms. The van der Waals surface area contributed by atoms with Crippen molar-refractivity contribution in [1.82, 2.24) is 18.9 Å². The third-order valence-electron chi connectivity index (χ3n) is 12.5. The fourth-order valence-corrected chi connectivity index (χ4v) is 11.3. The van der Waals surface area contributed by atoms with Crippen LogP contribution in [0.15, 0.2) is 164 Å². The van der Waals surface area contributed by atoms with Crippen LogP contribution in [0.2, 0.25) is 0 Å². The van der Waals surface area contributed by atoms with Gasteiger partial charge < -0.3 is 4.40 Å². The molecule has 0 saturated carbocycles. The Hall–Kier alpha value is -7.08. The van der Waals surface area contributed by atoms with E-state index in [0.717, 1.165) is 27.4 Å². The van der Waals surface area contributed by atoms with E-state index in [1.54, 1.807) is 11.3 Å². The summed E-state index contributed by atoms with van der Waals surface area (Å²) in [6.07, 6.45) is 0. The van der Waals surface area contributed by atoms with Gasteiger partial charge >= 0.3 is 0 Å². The van der Waals surface area contributed by atoms with Gasteiger partial charge in [0, 0.05) is 42.4 Å². The van der Waals surface area contributed by atoms with Crippen molar-refractivity contribution >= 4 is 102 Å². The molecule has 0 aliphatic heterocycles. The van der Waals surface area contributed by atoms with E-state index in [1.807, 2.05) is 0 Å². The van der Waals surface area contributed by atoms with Crippen LogP contribution in [-0.2, 0) is 0 Å². The van der Waals surface area contributed by atoms with Crippen LogP contribution in [0.5, 0.6) is 0 Å². The molecule has 0 fully saturated rings. The highest BCUT2D eigenvalue weighted by molar-refractivity contribution is 7.26. The van der Waals surface area contributed by atoms with E-state index in [4.69, 9.17) is 9.97 Å². The van der Waals surface area contributed by atoms with Gasteiger partial charge in [-0.05, 0) is 69.4 Å². The van der Waals surface area contributed by atoms with Crippen LogP contribution in [0.25, 0.3) is 108 Å². The van der Waals surface area contributed by atoms with Crippen LogP contribution >= 0.6 is 11.3 Å². The second-order valence-electron chi connectivity index (χ2n) is 15.3. The maximum Gasteiger partial charge on any atom is 0.159 e. The minimum absolute atomic E-state index is 0.0865. The SMILES string of the molecule is c1ccc2c(c1)-c1ccccc1C2c1nc(-n2c3ccccc3c3cc4c5cc6ccccc6cc5n5c6ccccc6c(c32)c45)c2sc3ccccc3c2n1. The summed E-state index contributed by atoms with van der Waals surface area (Å²) in [7, 11) is 0. The van der Waals surface area contributed by atoms with Gasteiger partial charge in [-0.2, -0.15) is 0 Å². The average Bonchev–Trinajstić information content (AvgIpc) is 4.04. The Morgan fingerprint density at radius 2 is 1.09 bits per heavy atom. The van der Waals surface area contributed by atoms with Crippen molar-refractivity contribution in [3.05, 3.63) is 181 Å². The zero-order valence-corrected chi connectivity index (χ0v) is 30.7. The first-order chi connectivity index (χ1) is 27.8. The Labute approximate surface area is 323 Å². The summed E-state index contributed by atoms with van der Waals surface area (Å²) in [5.74, 6) is 1.68. The van der Waals surface area contributed by atoms with E-state index >= 15 is 0 Å². The molecule has 0 radical (unpaired) electrons. The first kappa shape index (κ1) is 29.3. The molecular weight excluding hydrogens is 701 g/mol. The number of benzene rings is 8. The second-order valence-corrected chi connectivity index (χ2v) is 16.3. The number of hydrogen-bond acceptors (Lipinski definition) is 3. The number of thiophene rings is 1. The van der Waals surface area contributed by atoms with Gasteiger partial charge in [-0.1, -0.05) is 127 Å². The van der Waals surface area contributed by atoms with Crippen LogP contribution in [0.3, 0.4) is 0 Å². The van der Waals surface area contributed by atoms with Gasteiger partial charge in [0.1, 0.15) is 5.82 Å². The molecule has 1 aliphatic carbocycles. The molecule has 5 heterocycles. The molecule has 1 aliphatic rings. The molecule has 0 amide bonds. The molecule has 0 saturated heterocycles. The second kappa shape index (κ2) is 10.4. The van der Waals surface area contributed by atoms with Gasteiger partial charge in [-0.15, -0.1) is 11.3 Å². The Bertz CT molecular complexity index is 3800. The fraction of sp³-hybridized carbons (Fsp3) is 0.0196. The molecule has 14 rings (SSSR count). The Morgan fingerprint density at radius 1 is 0.464 bits per heavy atom. The van der Waals surface area contributed by atoms with Crippen molar-refractivity contribution in [3.63, 3.8) is 0 Å². The molecule has 13 aromatic rings. The Morgan fingerprint density at radius 3 is 1.89 bits per heavy atom. The van der Waals surface area contributed by atoms with Crippen LogP contribution in [0.1, 0.15) is 22.9 Å². The molecule has 5 aromatic heterocycles. The third-order valence-corrected chi connectivity index (χ3v) is 13.6.